The number of methoxy groups -OCH3 is 3. The summed E-state index contributed by atoms with van der Waals surface area (Å²) >= 11 is 0. The standard InChI is InChI=1S/C24H31NO4/c1-27-21-9-7-18(8-10-21)24(26)19-5-4-6-20(24)16-25(15-19)14-17-13-22(28-2)11-12-23(17)29-3/h7-13,19-20,26H,4-6,14-16H2,1-3H3/t19-,20-/m1/s1. The van der Waals surface area contributed by atoms with E-state index < -0.39 is 5.60 Å². The van der Waals surface area contributed by atoms with Crippen molar-refractivity contribution in [1.29, 1.82) is 0 Å². The van der Waals surface area contributed by atoms with Crippen LogP contribution in [0.4, 0.5) is 0 Å². The van der Waals surface area contributed by atoms with Gasteiger partial charge >= 0.3 is 0 Å². The first-order valence-electron chi connectivity index (χ1n) is 10.4. The van der Waals surface area contributed by atoms with Gasteiger partial charge in [-0.2, -0.15) is 0 Å². The summed E-state index contributed by atoms with van der Waals surface area (Å²) in [6, 6.07) is 13.9. The number of piperidine rings is 1. The van der Waals surface area contributed by atoms with Crippen LogP contribution < -0.4 is 14.2 Å². The molecule has 2 atom stereocenters. The van der Waals surface area contributed by atoms with E-state index >= 15 is 0 Å². The molecule has 4 rings (SSSR count). The largest absolute Gasteiger partial charge is 0.497 e. The van der Waals surface area contributed by atoms with Crippen LogP contribution in [-0.4, -0.2) is 44.4 Å². The van der Waals surface area contributed by atoms with Gasteiger partial charge in [-0.25, -0.2) is 0 Å². The molecule has 5 nitrogen and oxygen atoms in total. The fourth-order valence-corrected chi connectivity index (χ4v) is 5.25. The average molecular weight is 398 g/mol. The molecule has 1 N–H and O–H groups in total. The SMILES string of the molecule is COc1ccc(C2(O)[C@@H]3CCC[C@@H]2CN(Cc2cc(OC)ccc2OC)C3)cc1. The number of hydrogen-bond acceptors (Lipinski definition) is 5. The minimum Gasteiger partial charge on any atom is -0.497 e. The van der Waals surface area contributed by atoms with E-state index in [2.05, 4.69) is 11.0 Å². The molecule has 2 aromatic carbocycles. The summed E-state index contributed by atoms with van der Waals surface area (Å²) in [7, 11) is 5.06. The van der Waals surface area contributed by atoms with E-state index in [9.17, 15) is 5.11 Å². The fourth-order valence-electron chi connectivity index (χ4n) is 5.25. The first kappa shape index (κ1) is 20.0. The first-order chi connectivity index (χ1) is 14.1. The van der Waals surface area contributed by atoms with Crippen molar-refractivity contribution in [2.24, 2.45) is 11.8 Å². The Kier molecular flexibility index (Phi) is 5.70. The third kappa shape index (κ3) is 3.69. The summed E-state index contributed by atoms with van der Waals surface area (Å²) in [6.07, 6.45) is 3.28. The van der Waals surface area contributed by atoms with Crippen molar-refractivity contribution in [3.05, 3.63) is 53.6 Å². The second-order valence-electron chi connectivity index (χ2n) is 8.25. The molecule has 5 heteroatoms. The van der Waals surface area contributed by atoms with E-state index in [0.29, 0.717) is 0 Å². The Bertz CT molecular complexity index is 821. The van der Waals surface area contributed by atoms with Crippen molar-refractivity contribution < 1.29 is 19.3 Å². The maximum atomic E-state index is 11.8. The molecule has 0 amide bonds. The summed E-state index contributed by atoms with van der Waals surface area (Å²) in [5.41, 5.74) is 1.38. The van der Waals surface area contributed by atoms with Crippen LogP contribution in [-0.2, 0) is 12.1 Å². The van der Waals surface area contributed by atoms with E-state index in [4.69, 9.17) is 14.2 Å². The number of rotatable bonds is 6. The van der Waals surface area contributed by atoms with Gasteiger partial charge in [-0.15, -0.1) is 0 Å². The molecule has 29 heavy (non-hydrogen) atoms. The highest BCUT2D eigenvalue weighted by Gasteiger charge is 2.51. The fraction of sp³-hybridized carbons (Fsp3) is 0.500. The van der Waals surface area contributed by atoms with Crippen LogP contribution in [0.2, 0.25) is 0 Å². The van der Waals surface area contributed by atoms with Crippen LogP contribution in [0.25, 0.3) is 0 Å². The third-order valence-electron chi connectivity index (χ3n) is 6.74. The molecule has 1 saturated heterocycles. The lowest BCUT2D eigenvalue weighted by Crippen LogP contribution is -2.57. The van der Waals surface area contributed by atoms with E-state index in [-0.39, 0.29) is 11.8 Å². The van der Waals surface area contributed by atoms with Gasteiger partial charge in [0.1, 0.15) is 17.2 Å². The molecule has 1 aliphatic carbocycles. The minimum atomic E-state index is -0.764. The molecule has 0 radical (unpaired) electrons. The zero-order chi connectivity index (χ0) is 20.4. The van der Waals surface area contributed by atoms with Crippen molar-refractivity contribution in [3.63, 3.8) is 0 Å². The Hall–Kier alpha value is -2.24. The van der Waals surface area contributed by atoms with Crippen LogP contribution in [0.15, 0.2) is 42.5 Å². The molecular formula is C24H31NO4. The molecule has 156 valence electrons. The normalized spacial score (nSPS) is 26.8. The zero-order valence-electron chi connectivity index (χ0n) is 17.6. The smallest absolute Gasteiger partial charge is 0.123 e. The van der Waals surface area contributed by atoms with Crippen molar-refractivity contribution >= 4 is 0 Å². The first-order valence-corrected chi connectivity index (χ1v) is 10.4. The van der Waals surface area contributed by atoms with Crippen molar-refractivity contribution in [2.75, 3.05) is 34.4 Å². The number of ether oxygens (including phenoxy) is 3. The summed E-state index contributed by atoms with van der Waals surface area (Å²) in [6.45, 7) is 2.55. The van der Waals surface area contributed by atoms with Gasteiger partial charge in [0.25, 0.3) is 0 Å². The molecule has 2 aromatic rings. The molecule has 1 heterocycles. The second kappa shape index (κ2) is 8.25. The topological polar surface area (TPSA) is 51.2 Å². The predicted molar refractivity (Wildman–Crippen MR) is 113 cm³/mol. The van der Waals surface area contributed by atoms with Gasteiger partial charge in [0, 0.05) is 37.0 Å². The molecular weight excluding hydrogens is 366 g/mol. The van der Waals surface area contributed by atoms with Crippen molar-refractivity contribution in [2.45, 2.75) is 31.4 Å². The van der Waals surface area contributed by atoms with Gasteiger partial charge in [0.2, 0.25) is 0 Å². The molecule has 2 fully saturated rings. The van der Waals surface area contributed by atoms with Gasteiger partial charge in [-0.1, -0.05) is 18.6 Å². The molecule has 0 spiro atoms. The van der Waals surface area contributed by atoms with E-state index in [0.717, 1.165) is 60.9 Å². The maximum Gasteiger partial charge on any atom is 0.123 e. The Morgan fingerprint density at radius 2 is 1.52 bits per heavy atom. The van der Waals surface area contributed by atoms with Gasteiger partial charge in [0.15, 0.2) is 0 Å². The predicted octanol–water partition coefficient (Wildman–Crippen LogP) is 3.83. The molecule has 0 unspecified atom stereocenters. The minimum absolute atomic E-state index is 0.222. The number of aliphatic hydroxyl groups is 1. The van der Waals surface area contributed by atoms with Crippen LogP contribution in [0, 0.1) is 11.8 Å². The number of hydrogen-bond donors (Lipinski definition) is 1. The highest BCUT2D eigenvalue weighted by Crippen LogP contribution is 2.49. The number of nitrogens with zero attached hydrogens (tertiary/aromatic N) is 1. The highest BCUT2D eigenvalue weighted by molar-refractivity contribution is 5.40. The maximum absolute atomic E-state index is 11.8. The van der Waals surface area contributed by atoms with Crippen molar-refractivity contribution in [1.82, 2.24) is 4.90 Å². The Balaban J connectivity index is 1.57. The summed E-state index contributed by atoms with van der Waals surface area (Å²) < 4.78 is 16.3. The van der Waals surface area contributed by atoms with E-state index in [1.807, 2.05) is 36.4 Å². The number of fused-ring (bicyclic) bond motifs is 2. The van der Waals surface area contributed by atoms with Gasteiger partial charge in [-0.3, -0.25) is 4.90 Å². The molecule has 2 bridgehead atoms. The Morgan fingerprint density at radius 3 is 2.10 bits per heavy atom. The lowest BCUT2D eigenvalue weighted by Gasteiger charge is -2.53. The molecule has 0 aromatic heterocycles. The second-order valence-corrected chi connectivity index (χ2v) is 8.25. The van der Waals surface area contributed by atoms with Crippen LogP contribution in [0.3, 0.4) is 0 Å². The Morgan fingerprint density at radius 1 is 0.897 bits per heavy atom. The van der Waals surface area contributed by atoms with E-state index in [1.54, 1.807) is 21.3 Å². The van der Waals surface area contributed by atoms with Gasteiger partial charge in [-0.05, 0) is 48.7 Å². The lowest BCUT2D eigenvalue weighted by molar-refractivity contribution is -0.148. The zero-order valence-corrected chi connectivity index (χ0v) is 17.6. The number of benzene rings is 2. The quantitative estimate of drug-likeness (QED) is 0.803. The average Bonchev–Trinajstić information content (AvgIpc) is 2.74. The molecule has 1 aliphatic heterocycles. The monoisotopic (exact) mass is 397 g/mol. The molecule has 2 aliphatic rings. The van der Waals surface area contributed by atoms with Crippen LogP contribution in [0.5, 0.6) is 17.2 Å². The highest BCUT2D eigenvalue weighted by atomic mass is 16.5. The van der Waals surface area contributed by atoms with Gasteiger partial charge in [0.05, 0.1) is 26.9 Å². The van der Waals surface area contributed by atoms with Crippen molar-refractivity contribution in [3.8, 4) is 17.2 Å². The summed E-state index contributed by atoms with van der Waals surface area (Å²) in [5.74, 6) is 2.99. The van der Waals surface area contributed by atoms with Crippen LogP contribution in [0.1, 0.15) is 30.4 Å². The molecule has 1 saturated carbocycles. The number of likely N-dealkylation sites (tertiary alicyclic amines) is 1. The van der Waals surface area contributed by atoms with Crippen LogP contribution >= 0.6 is 0 Å². The lowest BCUT2D eigenvalue weighted by atomic mass is 9.62. The van der Waals surface area contributed by atoms with Gasteiger partial charge < -0.3 is 19.3 Å². The summed E-state index contributed by atoms with van der Waals surface area (Å²) in [4.78, 5) is 2.46. The Labute approximate surface area is 173 Å². The van der Waals surface area contributed by atoms with E-state index in [1.165, 1.54) is 6.42 Å². The third-order valence-corrected chi connectivity index (χ3v) is 6.74. The summed E-state index contributed by atoms with van der Waals surface area (Å²) in [5, 5.41) is 11.8.